The highest BCUT2D eigenvalue weighted by molar-refractivity contribution is 5.96. The summed E-state index contributed by atoms with van der Waals surface area (Å²) in [5.41, 5.74) is 3.79. The summed E-state index contributed by atoms with van der Waals surface area (Å²) in [6.45, 7) is 8.94. The number of rotatable bonds is 7. The van der Waals surface area contributed by atoms with Gasteiger partial charge in [-0.2, -0.15) is 5.26 Å². The molecule has 4 nitrogen and oxygen atoms in total. The Bertz CT molecular complexity index is 862. The van der Waals surface area contributed by atoms with Crippen LogP contribution in [0.1, 0.15) is 46.8 Å². The molecule has 2 aromatic carbocycles. The average Bonchev–Trinajstić information content (AvgIpc) is 2.77. The number of benzene rings is 2. The number of carbonyl (C=O) groups is 1. The Balaban J connectivity index is 1.51. The molecule has 4 heteroatoms. The van der Waals surface area contributed by atoms with Crippen LogP contribution in [0, 0.1) is 24.2 Å². The zero-order chi connectivity index (χ0) is 20.6. The molecule has 3 rings (SSSR count). The van der Waals surface area contributed by atoms with Crippen molar-refractivity contribution in [1.29, 1.82) is 5.26 Å². The zero-order valence-corrected chi connectivity index (χ0v) is 17.6. The minimum absolute atomic E-state index is 0.0216. The predicted molar refractivity (Wildman–Crippen MR) is 117 cm³/mol. The first kappa shape index (κ1) is 21.1. The quantitative estimate of drug-likeness (QED) is 0.710. The van der Waals surface area contributed by atoms with Gasteiger partial charge in [0, 0.05) is 19.6 Å². The van der Waals surface area contributed by atoms with Crippen molar-refractivity contribution in [2.24, 2.45) is 5.92 Å². The predicted octanol–water partition coefficient (Wildman–Crippen LogP) is 4.28. The monoisotopic (exact) mass is 389 g/mol. The van der Waals surface area contributed by atoms with E-state index in [1.807, 2.05) is 17.9 Å². The average molecular weight is 390 g/mol. The van der Waals surface area contributed by atoms with Gasteiger partial charge in [0.1, 0.15) is 0 Å². The van der Waals surface area contributed by atoms with Crippen LogP contribution in [-0.2, 0) is 6.42 Å². The highest BCUT2D eigenvalue weighted by atomic mass is 16.2. The van der Waals surface area contributed by atoms with E-state index >= 15 is 0 Å². The fraction of sp³-hybridized carbons (Fsp3) is 0.440. The Morgan fingerprint density at radius 2 is 1.83 bits per heavy atom. The number of hydrogen-bond acceptors (Lipinski definition) is 3. The Kier molecular flexibility index (Phi) is 7.43. The maximum Gasteiger partial charge on any atom is 0.255 e. The maximum atomic E-state index is 12.9. The highest BCUT2D eigenvalue weighted by Crippen LogP contribution is 2.21. The summed E-state index contributed by atoms with van der Waals surface area (Å²) in [5.74, 6) is 0.509. The first-order valence-electron chi connectivity index (χ1n) is 10.7. The minimum atomic E-state index is -0.0216. The van der Waals surface area contributed by atoms with Crippen molar-refractivity contribution in [3.05, 3.63) is 70.8 Å². The van der Waals surface area contributed by atoms with Crippen molar-refractivity contribution in [1.82, 2.24) is 9.80 Å². The molecule has 1 amide bonds. The van der Waals surface area contributed by atoms with Gasteiger partial charge in [-0.25, -0.2) is 0 Å². The molecule has 29 heavy (non-hydrogen) atoms. The van der Waals surface area contributed by atoms with E-state index in [0.717, 1.165) is 45.4 Å². The van der Waals surface area contributed by atoms with Gasteiger partial charge >= 0.3 is 0 Å². The second-order valence-electron chi connectivity index (χ2n) is 7.96. The third kappa shape index (κ3) is 5.46. The Morgan fingerprint density at radius 1 is 1.14 bits per heavy atom. The van der Waals surface area contributed by atoms with Crippen molar-refractivity contribution >= 4 is 5.91 Å². The zero-order valence-electron chi connectivity index (χ0n) is 17.6. The van der Waals surface area contributed by atoms with Crippen LogP contribution in [0.2, 0.25) is 0 Å². The third-order valence-electron chi connectivity index (χ3n) is 6.09. The smallest absolute Gasteiger partial charge is 0.255 e. The number of nitrogens with zero attached hydrogens (tertiary/aromatic N) is 3. The molecule has 0 spiro atoms. The molecule has 152 valence electrons. The summed E-state index contributed by atoms with van der Waals surface area (Å²) >= 11 is 0. The van der Waals surface area contributed by atoms with E-state index in [9.17, 15) is 10.1 Å². The normalized spacial score (nSPS) is 15.1. The van der Waals surface area contributed by atoms with E-state index in [1.54, 1.807) is 18.2 Å². The number of hydrogen-bond donors (Lipinski definition) is 0. The van der Waals surface area contributed by atoms with E-state index in [1.165, 1.54) is 11.1 Å². The summed E-state index contributed by atoms with van der Waals surface area (Å²) in [6.07, 6.45) is 3.34. The van der Waals surface area contributed by atoms with Gasteiger partial charge in [0.05, 0.1) is 17.2 Å². The molecule has 0 N–H and O–H groups in total. The summed E-state index contributed by atoms with van der Waals surface area (Å²) in [4.78, 5) is 17.4. The van der Waals surface area contributed by atoms with Gasteiger partial charge in [0.25, 0.3) is 5.91 Å². The van der Waals surface area contributed by atoms with Gasteiger partial charge in [0.2, 0.25) is 0 Å². The largest absolute Gasteiger partial charge is 0.339 e. The Hall–Kier alpha value is -2.64. The minimum Gasteiger partial charge on any atom is -0.339 e. The summed E-state index contributed by atoms with van der Waals surface area (Å²) in [6, 6.07) is 17.9. The molecule has 0 aromatic heterocycles. The topological polar surface area (TPSA) is 47.3 Å². The molecule has 0 radical (unpaired) electrons. The molecule has 1 saturated heterocycles. The van der Waals surface area contributed by atoms with Gasteiger partial charge < -0.3 is 9.80 Å². The van der Waals surface area contributed by atoms with E-state index < -0.39 is 0 Å². The van der Waals surface area contributed by atoms with Crippen LogP contribution in [0.15, 0.2) is 48.5 Å². The van der Waals surface area contributed by atoms with Crippen molar-refractivity contribution in [3.63, 3.8) is 0 Å². The van der Waals surface area contributed by atoms with Crippen LogP contribution in [-0.4, -0.2) is 48.4 Å². The second kappa shape index (κ2) is 10.2. The molecular weight excluding hydrogens is 358 g/mol. The van der Waals surface area contributed by atoms with E-state index in [2.05, 4.69) is 42.2 Å². The molecular formula is C25H31N3O. The Morgan fingerprint density at radius 3 is 2.52 bits per heavy atom. The summed E-state index contributed by atoms with van der Waals surface area (Å²) in [5, 5.41) is 9.30. The second-order valence-corrected chi connectivity index (χ2v) is 7.96. The van der Waals surface area contributed by atoms with Gasteiger partial charge in [-0.1, -0.05) is 36.4 Å². The van der Waals surface area contributed by atoms with Crippen molar-refractivity contribution < 1.29 is 4.79 Å². The summed E-state index contributed by atoms with van der Waals surface area (Å²) in [7, 11) is 0. The van der Waals surface area contributed by atoms with Crippen LogP contribution >= 0.6 is 0 Å². The molecule has 0 atom stereocenters. The lowest BCUT2D eigenvalue weighted by atomic mass is 9.95. The van der Waals surface area contributed by atoms with E-state index in [0.29, 0.717) is 23.6 Å². The third-order valence-corrected chi connectivity index (χ3v) is 6.09. The lowest BCUT2D eigenvalue weighted by molar-refractivity contribution is 0.0701. The number of piperidine rings is 1. The SMILES string of the molecule is CCN(CC1CCN(CCc2ccccc2C)CC1)C(=O)c1ccccc1C#N. The Labute approximate surface area is 174 Å². The molecule has 0 aliphatic carbocycles. The highest BCUT2D eigenvalue weighted by Gasteiger charge is 2.24. The first-order chi connectivity index (χ1) is 14.1. The van der Waals surface area contributed by atoms with Crippen LogP contribution in [0.5, 0.6) is 0 Å². The van der Waals surface area contributed by atoms with Gasteiger partial charge in [-0.3, -0.25) is 4.79 Å². The van der Waals surface area contributed by atoms with Crippen LogP contribution in [0.4, 0.5) is 0 Å². The van der Waals surface area contributed by atoms with Crippen molar-refractivity contribution in [3.8, 4) is 6.07 Å². The molecule has 1 fully saturated rings. The molecule has 1 aliphatic heterocycles. The van der Waals surface area contributed by atoms with Gasteiger partial charge in [-0.05, 0) is 75.4 Å². The number of nitriles is 1. The van der Waals surface area contributed by atoms with Gasteiger partial charge in [0.15, 0.2) is 0 Å². The van der Waals surface area contributed by atoms with E-state index in [4.69, 9.17) is 0 Å². The van der Waals surface area contributed by atoms with E-state index in [-0.39, 0.29) is 5.91 Å². The number of carbonyl (C=O) groups excluding carboxylic acids is 1. The molecule has 1 heterocycles. The molecule has 1 aliphatic rings. The van der Waals surface area contributed by atoms with Crippen molar-refractivity contribution in [2.75, 3.05) is 32.7 Å². The molecule has 2 aromatic rings. The fourth-order valence-electron chi connectivity index (χ4n) is 4.17. The standard InChI is InChI=1S/C25H31N3O/c1-3-28(25(29)24-11-7-6-10-23(24)18-26)19-21-12-15-27(16-13-21)17-14-22-9-5-4-8-20(22)2/h4-11,21H,3,12-17,19H2,1-2H3. The molecule has 0 unspecified atom stereocenters. The molecule has 0 bridgehead atoms. The van der Waals surface area contributed by atoms with Crippen LogP contribution in [0.25, 0.3) is 0 Å². The fourth-order valence-corrected chi connectivity index (χ4v) is 4.17. The van der Waals surface area contributed by atoms with Crippen molar-refractivity contribution in [2.45, 2.75) is 33.1 Å². The number of amides is 1. The lowest BCUT2D eigenvalue weighted by Gasteiger charge is -2.35. The summed E-state index contributed by atoms with van der Waals surface area (Å²) < 4.78 is 0. The van der Waals surface area contributed by atoms with Gasteiger partial charge in [-0.15, -0.1) is 0 Å². The number of likely N-dealkylation sites (tertiary alicyclic amines) is 1. The molecule has 0 saturated carbocycles. The number of aryl methyl sites for hydroxylation is 1. The lowest BCUT2D eigenvalue weighted by Crippen LogP contribution is -2.41. The van der Waals surface area contributed by atoms with Crippen LogP contribution < -0.4 is 0 Å². The van der Waals surface area contributed by atoms with Crippen LogP contribution in [0.3, 0.4) is 0 Å². The first-order valence-corrected chi connectivity index (χ1v) is 10.7. The maximum absolute atomic E-state index is 12.9.